The van der Waals surface area contributed by atoms with Crippen molar-refractivity contribution in [3.05, 3.63) is 35.4 Å². The third-order valence-electron chi connectivity index (χ3n) is 5.44. The number of carbonyl (C=O) groups is 4. The summed E-state index contributed by atoms with van der Waals surface area (Å²) in [5.41, 5.74) is 0.177. The van der Waals surface area contributed by atoms with Crippen LogP contribution in [0.25, 0.3) is 0 Å². The number of ether oxygens (including phenoxy) is 4. The van der Waals surface area contributed by atoms with E-state index < -0.39 is 67.1 Å². The number of rotatable bonds is 5. The van der Waals surface area contributed by atoms with Crippen molar-refractivity contribution in [3.8, 4) is 11.5 Å². The number of aromatic hydroxyl groups is 1. The van der Waals surface area contributed by atoms with Crippen LogP contribution in [0.2, 0.25) is 0 Å². The van der Waals surface area contributed by atoms with Gasteiger partial charge in [-0.25, -0.2) is 4.79 Å². The minimum absolute atomic E-state index is 0.104. The highest BCUT2D eigenvalue weighted by Gasteiger charge is 2.47. The van der Waals surface area contributed by atoms with Crippen molar-refractivity contribution >= 4 is 23.7 Å². The number of hydrogen-bond acceptors (Lipinski definition) is 10. The molecule has 1 fully saturated rings. The quantitative estimate of drug-likeness (QED) is 0.413. The van der Waals surface area contributed by atoms with Gasteiger partial charge in [-0.3, -0.25) is 14.4 Å². The van der Waals surface area contributed by atoms with E-state index in [0.29, 0.717) is 0 Å². The second-order valence-electron chi connectivity index (χ2n) is 8.06. The number of aliphatic hydroxyl groups excluding tert-OH is 1. The molecule has 0 aromatic heterocycles. The Morgan fingerprint density at radius 1 is 1.21 bits per heavy atom. The Kier molecular flexibility index (Phi) is 7.90. The monoisotopic (exact) mass is 478 g/mol. The summed E-state index contributed by atoms with van der Waals surface area (Å²) in [5, 5.41) is 29.8. The van der Waals surface area contributed by atoms with E-state index in [1.54, 1.807) is 6.92 Å². The van der Waals surface area contributed by atoms with Crippen molar-refractivity contribution < 1.29 is 53.4 Å². The molecule has 2 aliphatic heterocycles. The van der Waals surface area contributed by atoms with E-state index in [0.717, 1.165) is 6.08 Å². The van der Waals surface area contributed by atoms with Crippen molar-refractivity contribution in [1.82, 2.24) is 0 Å². The summed E-state index contributed by atoms with van der Waals surface area (Å²) in [6.07, 6.45) is -3.48. The Balaban J connectivity index is 1.92. The fourth-order valence-corrected chi connectivity index (χ4v) is 3.64. The molecule has 3 N–H and O–H groups in total. The largest absolute Gasteiger partial charge is 0.507 e. The maximum atomic E-state index is 12.8. The molecule has 11 nitrogen and oxygen atoms in total. The number of carboxylic acid groups (broad SMARTS) is 1. The summed E-state index contributed by atoms with van der Waals surface area (Å²) in [4.78, 5) is 48.1. The molecule has 5 atom stereocenters. The molecule has 1 saturated heterocycles. The van der Waals surface area contributed by atoms with Crippen LogP contribution < -0.4 is 4.74 Å². The van der Waals surface area contributed by atoms with Gasteiger partial charge in [0.15, 0.2) is 11.9 Å². The van der Waals surface area contributed by atoms with Crippen LogP contribution in [0.15, 0.2) is 24.3 Å². The highest BCUT2D eigenvalue weighted by atomic mass is 16.6. The topological polar surface area (TPSA) is 169 Å². The smallest absolute Gasteiger partial charge is 0.342 e. The second kappa shape index (κ2) is 10.7. The van der Waals surface area contributed by atoms with Gasteiger partial charge in [0.2, 0.25) is 0 Å². The third-order valence-corrected chi connectivity index (χ3v) is 5.44. The predicted molar refractivity (Wildman–Crippen MR) is 113 cm³/mol. The van der Waals surface area contributed by atoms with Crippen LogP contribution >= 0.6 is 0 Å². The van der Waals surface area contributed by atoms with Crippen molar-refractivity contribution in [2.45, 2.75) is 63.1 Å². The summed E-state index contributed by atoms with van der Waals surface area (Å²) >= 11 is 0. The molecule has 184 valence electrons. The van der Waals surface area contributed by atoms with Gasteiger partial charge < -0.3 is 34.3 Å². The number of carbonyl (C=O) groups excluding carboxylic acids is 3. The first-order valence-electron chi connectivity index (χ1n) is 10.7. The van der Waals surface area contributed by atoms with Crippen molar-refractivity contribution in [2.24, 2.45) is 0 Å². The molecule has 1 aromatic rings. The molecule has 0 spiro atoms. The normalized spacial score (nSPS) is 27.9. The van der Waals surface area contributed by atoms with E-state index in [-0.39, 0.29) is 35.5 Å². The molecule has 0 bridgehead atoms. The lowest BCUT2D eigenvalue weighted by molar-refractivity contribution is -0.159. The van der Waals surface area contributed by atoms with Crippen molar-refractivity contribution in [2.75, 3.05) is 7.11 Å². The average molecular weight is 478 g/mol. The number of hydrogen-bond donors (Lipinski definition) is 3. The number of aliphatic hydroxyl groups is 1. The fourth-order valence-electron chi connectivity index (χ4n) is 3.64. The molecule has 2 aliphatic rings. The van der Waals surface area contributed by atoms with Crippen molar-refractivity contribution in [1.29, 1.82) is 0 Å². The number of phenolic OH excluding ortho intramolecular Hbond substituents is 1. The first kappa shape index (κ1) is 25.2. The second-order valence-corrected chi connectivity index (χ2v) is 8.06. The molecule has 1 aromatic carbocycles. The summed E-state index contributed by atoms with van der Waals surface area (Å²) in [6.45, 7) is 1.60. The van der Waals surface area contributed by atoms with Gasteiger partial charge >= 0.3 is 17.9 Å². The number of esters is 2. The van der Waals surface area contributed by atoms with Gasteiger partial charge in [-0.05, 0) is 19.1 Å². The zero-order chi connectivity index (χ0) is 25.0. The highest BCUT2D eigenvalue weighted by Crippen LogP contribution is 2.46. The molecule has 0 radical (unpaired) electrons. The molecule has 2 heterocycles. The van der Waals surface area contributed by atoms with Crippen molar-refractivity contribution in [3.63, 3.8) is 0 Å². The van der Waals surface area contributed by atoms with E-state index in [9.17, 15) is 29.4 Å². The summed E-state index contributed by atoms with van der Waals surface area (Å²) < 4.78 is 21.4. The summed E-state index contributed by atoms with van der Waals surface area (Å²) in [6, 6.07) is 2.77. The molecule has 0 aliphatic carbocycles. The van der Waals surface area contributed by atoms with E-state index in [4.69, 9.17) is 24.1 Å². The van der Waals surface area contributed by atoms with Crippen LogP contribution in [0.3, 0.4) is 0 Å². The zero-order valence-electron chi connectivity index (χ0n) is 18.6. The Labute approximate surface area is 194 Å². The Morgan fingerprint density at radius 2 is 1.94 bits per heavy atom. The number of aliphatic carboxylic acids is 1. The van der Waals surface area contributed by atoms with Crippen LogP contribution in [0.1, 0.15) is 54.6 Å². The average Bonchev–Trinajstić information content (AvgIpc) is 3.54. The number of fused-ring (bicyclic) bond motifs is 3. The predicted octanol–water partition coefficient (Wildman–Crippen LogP) is 1.44. The van der Waals surface area contributed by atoms with Gasteiger partial charge in [-0.1, -0.05) is 6.08 Å². The molecule has 0 unspecified atom stereocenters. The van der Waals surface area contributed by atoms with Crippen LogP contribution in [0.4, 0.5) is 0 Å². The lowest BCUT2D eigenvalue weighted by atomic mass is 9.96. The lowest BCUT2D eigenvalue weighted by Crippen LogP contribution is -2.38. The molecular formula is C23H26O11. The number of ketones is 1. The molecule has 0 saturated carbocycles. The van der Waals surface area contributed by atoms with Gasteiger partial charge in [0.1, 0.15) is 35.4 Å². The third kappa shape index (κ3) is 6.12. The number of benzene rings is 1. The SMILES string of the molecule is COc1cc(O)c2c(c1)[C@H]1O[C@@H]1C[C@H](OC(=O)CCC(=O)O)[C@H](O)C(=O)/C=C\C[C@H](C)OC2=O. The van der Waals surface area contributed by atoms with E-state index in [1.165, 1.54) is 25.3 Å². The van der Waals surface area contributed by atoms with Gasteiger partial charge in [-0.2, -0.15) is 0 Å². The number of carboxylic acids is 1. The van der Waals surface area contributed by atoms with E-state index >= 15 is 0 Å². The first-order valence-corrected chi connectivity index (χ1v) is 10.7. The van der Waals surface area contributed by atoms with Crippen LogP contribution in [0.5, 0.6) is 11.5 Å². The van der Waals surface area contributed by atoms with Gasteiger partial charge in [0, 0.05) is 24.5 Å². The maximum Gasteiger partial charge on any atom is 0.342 e. The fraction of sp³-hybridized carbons (Fsp3) is 0.478. The first-order chi connectivity index (χ1) is 16.1. The minimum Gasteiger partial charge on any atom is -0.507 e. The molecule has 0 amide bonds. The highest BCUT2D eigenvalue weighted by molar-refractivity contribution is 5.95. The molecule has 11 heteroatoms. The molecular weight excluding hydrogens is 452 g/mol. The standard InChI is InChI=1S/C23H26O11/c1-11-4-3-5-14(24)21(29)16(33-19(28)7-6-18(26)27)10-17-22(34-17)13-8-12(31-2)9-15(25)20(13)23(30)32-11/h3,5,8-9,11,16-17,21-22,25,29H,4,6-7,10H2,1-2H3,(H,26,27)/b5-3-/t11-,16-,17+,21+,22+/m0/s1. The summed E-state index contributed by atoms with van der Waals surface area (Å²) in [5.74, 6) is -3.70. The Bertz CT molecular complexity index is 999. The number of phenols is 1. The molecule has 3 rings (SSSR count). The van der Waals surface area contributed by atoms with E-state index in [2.05, 4.69) is 0 Å². The van der Waals surface area contributed by atoms with Gasteiger partial charge in [0.25, 0.3) is 0 Å². The van der Waals surface area contributed by atoms with Crippen LogP contribution in [-0.4, -0.2) is 70.5 Å². The molecule has 34 heavy (non-hydrogen) atoms. The maximum absolute atomic E-state index is 12.8. The van der Waals surface area contributed by atoms with Gasteiger partial charge in [0.05, 0.1) is 26.1 Å². The number of cyclic esters (lactones) is 1. The summed E-state index contributed by atoms with van der Waals surface area (Å²) in [7, 11) is 1.39. The Hall–Kier alpha value is -3.44. The van der Waals surface area contributed by atoms with Crippen LogP contribution in [-0.2, 0) is 28.6 Å². The van der Waals surface area contributed by atoms with Gasteiger partial charge in [-0.15, -0.1) is 0 Å². The minimum atomic E-state index is -1.71. The number of methoxy groups -OCH3 is 1. The van der Waals surface area contributed by atoms with Crippen LogP contribution in [0, 0.1) is 0 Å². The Morgan fingerprint density at radius 3 is 2.62 bits per heavy atom. The zero-order valence-corrected chi connectivity index (χ0v) is 18.6. The van der Waals surface area contributed by atoms with E-state index in [1.807, 2.05) is 0 Å². The lowest BCUT2D eigenvalue weighted by Gasteiger charge is -2.21. The number of epoxide rings is 1.